The Kier molecular flexibility index (Phi) is 4.66. The minimum atomic E-state index is -0.750. The first-order chi connectivity index (χ1) is 6.75. The van der Waals surface area contributed by atoms with Gasteiger partial charge in [-0.15, -0.1) is 0 Å². The van der Waals surface area contributed by atoms with E-state index >= 15 is 0 Å². The van der Waals surface area contributed by atoms with Crippen LogP contribution in [0.5, 0.6) is 0 Å². The van der Waals surface area contributed by atoms with Crippen molar-refractivity contribution >= 4 is 5.97 Å². The second-order valence-corrected chi connectivity index (χ2v) is 3.80. The highest BCUT2D eigenvalue weighted by Crippen LogP contribution is 2.17. The van der Waals surface area contributed by atoms with E-state index in [0.717, 1.165) is 25.0 Å². The van der Waals surface area contributed by atoms with Crippen LogP contribution in [0.15, 0.2) is 11.1 Å². The van der Waals surface area contributed by atoms with Crippen molar-refractivity contribution in [3.8, 4) is 0 Å². The topological polar surface area (TPSA) is 49.3 Å². The molecule has 80 valence electrons. The second-order valence-electron chi connectivity index (χ2n) is 3.80. The molecule has 0 aromatic rings. The first-order valence-electron chi connectivity index (χ1n) is 5.40. The van der Waals surface area contributed by atoms with Crippen molar-refractivity contribution in [3.63, 3.8) is 0 Å². The summed E-state index contributed by atoms with van der Waals surface area (Å²) in [6.45, 7) is 3.49. The summed E-state index contributed by atoms with van der Waals surface area (Å²) in [5, 5.41) is 12.0. The van der Waals surface area contributed by atoms with Crippen molar-refractivity contribution in [3.05, 3.63) is 11.1 Å². The summed E-state index contributed by atoms with van der Waals surface area (Å²) in [4.78, 5) is 10.8. The number of hydrogen-bond acceptors (Lipinski definition) is 2. The molecule has 0 bridgehead atoms. The molecule has 0 aromatic carbocycles. The zero-order valence-electron chi connectivity index (χ0n) is 8.81. The third-order valence-corrected chi connectivity index (χ3v) is 2.66. The molecule has 0 fully saturated rings. The lowest BCUT2D eigenvalue weighted by atomic mass is 10.0. The fourth-order valence-corrected chi connectivity index (χ4v) is 1.80. The van der Waals surface area contributed by atoms with E-state index in [1.165, 1.54) is 19.3 Å². The van der Waals surface area contributed by atoms with E-state index in [-0.39, 0.29) is 0 Å². The van der Waals surface area contributed by atoms with Crippen LogP contribution in [0.4, 0.5) is 0 Å². The molecule has 1 aliphatic rings. The maximum absolute atomic E-state index is 10.8. The summed E-state index contributed by atoms with van der Waals surface area (Å²) in [6, 6.07) is 0. The molecule has 0 atom stereocenters. The average molecular weight is 197 g/mol. The lowest BCUT2D eigenvalue weighted by Gasteiger charge is -2.02. The van der Waals surface area contributed by atoms with Crippen LogP contribution in [0.2, 0.25) is 0 Å². The molecule has 0 saturated carbocycles. The Bertz CT molecular complexity index is 233. The minimum absolute atomic E-state index is 0.540. The molecule has 2 N–H and O–H groups in total. The van der Waals surface area contributed by atoms with Gasteiger partial charge in [0, 0.05) is 13.1 Å². The van der Waals surface area contributed by atoms with Gasteiger partial charge in [0.05, 0.1) is 5.57 Å². The molecule has 3 nitrogen and oxygen atoms in total. The summed E-state index contributed by atoms with van der Waals surface area (Å²) in [5.41, 5.74) is 1.70. The maximum atomic E-state index is 10.8. The molecule has 0 spiro atoms. The zero-order valence-corrected chi connectivity index (χ0v) is 8.81. The van der Waals surface area contributed by atoms with Crippen LogP contribution in [0, 0.1) is 0 Å². The van der Waals surface area contributed by atoms with Gasteiger partial charge < -0.3 is 10.4 Å². The highest BCUT2D eigenvalue weighted by atomic mass is 16.4. The van der Waals surface area contributed by atoms with Gasteiger partial charge in [-0.1, -0.05) is 26.2 Å². The van der Waals surface area contributed by atoms with Crippen LogP contribution in [-0.2, 0) is 4.79 Å². The van der Waals surface area contributed by atoms with Crippen LogP contribution < -0.4 is 5.32 Å². The van der Waals surface area contributed by atoms with Gasteiger partial charge in [-0.3, -0.25) is 0 Å². The zero-order chi connectivity index (χ0) is 10.4. The monoisotopic (exact) mass is 197 g/mol. The summed E-state index contributed by atoms with van der Waals surface area (Å²) < 4.78 is 0. The number of carbonyl (C=O) groups is 1. The molecule has 0 saturated heterocycles. The molecule has 1 heterocycles. The van der Waals surface area contributed by atoms with Gasteiger partial charge >= 0.3 is 5.97 Å². The Labute approximate surface area is 85.2 Å². The molecule has 0 aromatic heterocycles. The predicted octanol–water partition coefficient (Wildman–Crippen LogP) is 1.94. The van der Waals surface area contributed by atoms with Gasteiger partial charge in [-0.25, -0.2) is 4.79 Å². The number of hydrogen-bond donors (Lipinski definition) is 2. The van der Waals surface area contributed by atoms with Gasteiger partial charge in [0.25, 0.3) is 0 Å². The van der Waals surface area contributed by atoms with Crippen molar-refractivity contribution in [1.29, 1.82) is 0 Å². The molecule has 0 radical (unpaired) electrons. The standard InChI is InChI=1S/C11H19NO2/c1-2-3-4-5-6-9-7-12-8-10(9)11(13)14/h12H,2-8H2,1H3,(H,13,14). The van der Waals surface area contributed by atoms with Crippen molar-refractivity contribution < 1.29 is 9.90 Å². The number of carboxylic acid groups (broad SMARTS) is 1. The quantitative estimate of drug-likeness (QED) is 0.640. The van der Waals surface area contributed by atoms with E-state index in [9.17, 15) is 4.79 Å². The number of unbranched alkanes of at least 4 members (excludes halogenated alkanes) is 3. The summed E-state index contributed by atoms with van der Waals surface area (Å²) >= 11 is 0. The largest absolute Gasteiger partial charge is 0.478 e. The maximum Gasteiger partial charge on any atom is 0.332 e. The summed E-state index contributed by atoms with van der Waals surface area (Å²) in [5.74, 6) is -0.750. The van der Waals surface area contributed by atoms with E-state index in [2.05, 4.69) is 12.2 Å². The normalized spacial score (nSPS) is 16.4. The highest BCUT2D eigenvalue weighted by Gasteiger charge is 2.18. The fourth-order valence-electron chi connectivity index (χ4n) is 1.80. The summed E-state index contributed by atoms with van der Waals surface area (Å²) in [6.07, 6.45) is 5.77. The van der Waals surface area contributed by atoms with Gasteiger partial charge in [0.2, 0.25) is 0 Å². The highest BCUT2D eigenvalue weighted by molar-refractivity contribution is 5.88. The molecular weight excluding hydrogens is 178 g/mol. The van der Waals surface area contributed by atoms with E-state index in [1.54, 1.807) is 0 Å². The van der Waals surface area contributed by atoms with Crippen LogP contribution in [-0.4, -0.2) is 24.2 Å². The number of nitrogens with one attached hydrogen (secondary N) is 1. The minimum Gasteiger partial charge on any atom is -0.478 e. The van der Waals surface area contributed by atoms with E-state index in [0.29, 0.717) is 12.1 Å². The van der Waals surface area contributed by atoms with Gasteiger partial charge in [-0.2, -0.15) is 0 Å². The van der Waals surface area contributed by atoms with Gasteiger partial charge in [0.1, 0.15) is 0 Å². The smallest absolute Gasteiger partial charge is 0.332 e. The van der Waals surface area contributed by atoms with E-state index < -0.39 is 5.97 Å². The SMILES string of the molecule is CCCCCCC1=C(C(=O)O)CNC1. The van der Waals surface area contributed by atoms with Crippen LogP contribution in [0.25, 0.3) is 0 Å². The first kappa shape index (κ1) is 11.2. The number of aliphatic carboxylic acids is 1. The third kappa shape index (κ3) is 3.14. The molecular formula is C11H19NO2. The van der Waals surface area contributed by atoms with Gasteiger partial charge in [-0.05, 0) is 18.4 Å². The lowest BCUT2D eigenvalue weighted by Crippen LogP contribution is -2.11. The van der Waals surface area contributed by atoms with Crippen molar-refractivity contribution in [2.75, 3.05) is 13.1 Å². The average Bonchev–Trinajstić information content (AvgIpc) is 2.60. The van der Waals surface area contributed by atoms with E-state index in [4.69, 9.17) is 5.11 Å². The molecule has 0 aliphatic carbocycles. The number of carboxylic acids is 1. The Morgan fingerprint density at radius 1 is 1.36 bits per heavy atom. The van der Waals surface area contributed by atoms with Gasteiger partial charge in [0.15, 0.2) is 0 Å². The Balaban J connectivity index is 2.34. The second kappa shape index (κ2) is 5.81. The molecule has 3 heteroatoms. The van der Waals surface area contributed by atoms with Crippen molar-refractivity contribution in [2.45, 2.75) is 39.0 Å². The fraction of sp³-hybridized carbons (Fsp3) is 0.727. The Morgan fingerprint density at radius 2 is 2.14 bits per heavy atom. The van der Waals surface area contributed by atoms with Crippen molar-refractivity contribution in [2.24, 2.45) is 0 Å². The van der Waals surface area contributed by atoms with Crippen molar-refractivity contribution in [1.82, 2.24) is 5.32 Å². The summed E-state index contributed by atoms with van der Waals surface area (Å²) in [7, 11) is 0. The molecule has 0 amide bonds. The lowest BCUT2D eigenvalue weighted by molar-refractivity contribution is -0.132. The predicted molar refractivity (Wildman–Crippen MR) is 56.3 cm³/mol. The Hall–Kier alpha value is -0.830. The van der Waals surface area contributed by atoms with Crippen LogP contribution in [0.3, 0.4) is 0 Å². The molecule has 1 rings (SSSR count). The Morgan fingerprint density at radius 3 is 2.79 bits per heavy atom. The number of rotatable bonds is 6. The molecule has 1 aliphatic heterocycles. The molecule has 0 unspecified atom stereocenters. The first-order valence-corrected chi connectivity index (χ1v) is 5.40. The van der Waals surface area contributed by atoms with E-state index in [1.807, 2.05) is 0 Å². The molecule has 14 heavy (non-hydrogen) atoms. The van der Waals surface area contributed by atoms with Crippen LogP contribution >= 0.6 is 0 Å². The van der Waals surface area contributed by atoms with Crippen LogP contribution in [0.1, 0.15) is 39.0 Å². The third-order valence-electron chi connectivity index (χ3n) is 2.66.